The summed E-state index contributed by atoms with van der Waals surface area (Å²) >= 11 is 2.07. The van der Waals surface area contributed by atoms with Gasteiger partial charge in [0.1, 0.15) is 0 Å². The van der Waals surface area contributed by atoms with Crippen molar-refractivity contribution in [2.45, 2.75) is 32.8 Å². The fraction of sp³-hybridized carbons (Fsp3) is 0.500. The number of hydrogen-bond donors (Lipinski definition) is 1. The minimum Gasteiger partial charge on any atom is -0.393 e. The maximum atomic E-state index is 10.6. The molecule has 0 bridgehead atoms. The summed E-state index contributed by atoms with van der Waals surface area (Å²) in [5.74, 6) is 0.445. The van der Waals surface area contributed by atoms with Gasteiger partial charge < -0.3 is 5.11 Å². The molecule has 0 amide bonds. The van der Waals surface area contributed by atoms with Crippen LogP contribution in [-0.2, 0) is 6.42 Å². The van der Waals surface area contributed by atoms with E-state index >= 15 is 0 Å². The lowest BCUT2D eigenvalue weighted by Gasteiger charge is -2.13. The Morgan fingerprint density at radius 3 is 2.59 bits per heavy atom. The Morgan fingerprint density at radius 1 is 1.47 bits per heavy atom. The van der Waals surface area contributed by atoms with E-state index < -0.39 is 4.92 Å². The summed E-state index contributed by atoms with van der Waals surface area (Å²) in [5.41, 5.74) is 1.06. The molecule has 17 heavy (non-hydrogen) atoms. The molecule has 1 N–H and O–H groups in total. The zero-order chi connectivity index (χ0) is 13.0. The van der Waals surface area contributed by atoms with Crippen LogP contribution in [0, 0.1) is 19.6 Å². The fourth-order valence-corrected chi connectivity index (χ4v) is 2.42. The van der Waals surface area contributed by atoms with Gasteiger partial charge in [-0.25, -0.2) is 0 Å². The van der Waals surface area contributed by atoms with E-state index in [1.54, 1.807) is 6.07 Å². The number of non-ortho nitro benzene ring substituents is 1. The molecule has 0 radical (unpaired) electrons. The van der Waals surface area contributed by atoms with E-state index in [0.717, 1.165) is 15.6 Å². The number of nitro groups is 1. The van der Waals surface area contributed by atoms with E-state index in [0.29, 0.717) is 12.3 Å². The van der Waals surface area contributed by atoms with Crippen LogP contribution in [0.2, 0.25) is 0 Å². The first kappa shape index (κ1) is 14.4. The minimum atomic E-state index is -0.406. The van der Waals surface area contributed by atoms with Crippen molar-refractivity contribution in [3.05, 3.63) is 37.4 Å². The van der Waals surface area contributed by atoms with Crippen molar-refractivity contribution >= 4 is 28.3 Å². The third kappa shape index (κ3) is 4.59. The van der Waals surface area contributed by atoms with Gasteiger partial charge in [-0.05, 0) is 46.9 Å². The lowest BCUT2D eigenvalue weighted by molar-refractivity contribution is -0.385. The van der Waals surface area contributed by atoms with Gasteiger partial charge in [0.25, 0.3) is 5.69 Å². The SMILES string of the molecule is CC(C)CC(O)Cc1ccc([N+](=O)[O-])cc1I. The summed E-state index contributed by atoms with van der Waals surface area (Å²) < 4.78 is 0.833. The zero-order valence-corrected chi connectivity index (χ0v) is 12.0. The molecule has 1 aromatic rings. The summed E-state index contributed by atoms with van der Waals surface area (Å²) in [7, 11) is 0. The highest BCUT2D eigenvalue weighted by Crippen LogP contribution is 2.22. The van der Waals surface area contributed by atoms with Gasteiger partial charge in [-0.1, -0.05) is 19.9 Å². The molecule has 0 aliphatic heterocycles. The first-order valence-electron chi connectivity index (χ1n) is 5.51. The topological polar surface area (TPSA) is 63.4 Å². The molecule has 0 saturated carbocycles. The lowest BCUT2D eigenvalue weighted by Crippen LogP contribution is -2.14. The van der Waals surface area contributed by atoms with Crippen molar-refractivity contribution in [2.24, 2.45) is 5.92 Å². The van der Waals surface area contributed by atoms with Crippen LogP contribution in [0.5, 0.6) is 0 Å². The molecule has 5 heteroatoms. The predicted octanol–water partition coefficient (Wildman–Crippen LogP) is 3.15. The zero-order valence-electron chi connectivity index (χ0n) is 9.89. The average Bonchev–Trinajstić information content (AvgIpc) is 2.19. The van der Waals surface area contributed by atoms with Crippen molar-refractivity contribution in [3.63, 3.8) is 0 Å². The van der Waals surface area contributed by atoms with Gasteiger partial charge in [0, 0.05) is 15.7 Å². The monoisotopic (exact) mass is 349 g/mol. The van der Waals surface area contributed by atoms with Crippen LogP contribution in [-0.4, -0.2) is 16.1 Å². The van der Waals surface area contributed by atoms with Gasteiger partial charge in [-0.3, -0.25) is 10.1 Å². The standard InChI is InChI=1S/C12H16INO3/c1-8(2)5-11(15)6-9-3-4-10(14(16)17)7-12(9)13/h3-4,7-8,11,15H,5-6H2,1-2H3. The number of nitrogens with zero attached hydrogens (tertiary/aromatic N) is 1. The maximum Gasteiger partial charge on any atom is 0.270 e. The van der Waals surface area contributed by atoms with Crippen LogP contribution < -0.4 is 0 Å². The second-order valence-corrected chi connectivity index (χ2v) is 5.68. The van der Waals surface area contributed by atoms with E-state index in [-0.39, 0.29) is 11.8 Å². The van der Waals surface area contributed by atoms with Crippen molar-refractivity contribution in [2.75, 3.05) is 0 Å². The van der Waals surface area contributed by atoms with E-state index in [2.05, 4.69) is 36.4 Å². The Kier molecular flexibility index (Phi) is 5.32. The molecule has 0 fully saturated rings. The van der Waals surface area contributed by atoms with Crippen molar-refractivity contribution in [1.82, 2.24) is 0 Å². The Bertz CT molecular complexity index is 407. The van der Waals surface area contributed by atoms with Gasteiger partial charge in [0.05, 0.1) is 11.0 Å². The van der Waals surface area contributed by atoms with Crippen LogP contribution in [0.15, 0.2) is 18.2 Å². The largest absolute Gasteiger partial charge is 0.393 e. The number of halogens is 1. The molecular formula is C12H16INO3. The molecule has 1 atom stereocenters. The predicted molar refractivity (Wildman–Crippen MR) is 75.0 cm³/mol. The van der Waals surface area contributed by atoms with Gasteiger partial charge in [-0.15, -0.1) is 0 Å². The molecule has 0 spiro atoms. The molecule has 0 aliphatic rings. The van der Waals surface area contributed by atoms with Crippen molar-refractivity contribution in [3.8, 4) is 0 Å². The Balaban J connectivity index is 2.75. The van der Waals surface area contributed by atoms with E-state index in [1.165, 1.54) is 12.1 Å². The van der Waals surface area contributed by atoms with Crippen molar-refractivity contribution in [1.29, 1.82) is 0 Å². The minimum absolute atomic E-state index is 0.0940. The lowest BCUT2D eigenvalue weighted by atomic mass is 10.00. The third-order valence-corrected chi connectivity index (χ3v) is 3.45. The Morgan fingerprint density at radius 2 is 2.12 bits per heavy atom. The van der Waals surface area contributed by atoms with Crippen LogP contribution in [0.3, 0.4) is 0 Å². The van der Waals surface area contributed by atoms with Crippen LogP contribution in [0.25, 0.3) is 0 Å². The van der Waals surface area contributed by atoms with Crippen LogP contribution in [0.1, 0.15) is 25.8 Å². The molecule has 0 saturated heterocycles. The van der Waals surface area contributed by atoms with Crippen molar-refractivity contribution < 1.29 is 10.0 Å². The fourth-order valence-electron chi connectivity index (χ4n) is 1.70. The Labute approximate surface area is 114 Å². The van der Waals surface area contributed by atoms with Gasteiger partial charge >= 0.3 is 0 Å². The number of nitro benzene ring substituents is 1. The number of aliphatic hydroxyl groups excluding tert-OH is 1. The molecule has 1 rings (SSSR count). The van der Waals surface area contributed by atoms with E-state index in [1.807, 2.05) is 0 Å². The summed E-state index contributed by atoms with van der Waals surface area (Å²) in [6, 6.07) is 4.75. The molecule has 1 aromatic carbocycles. The first-order chi connectivity index (χ1) is 7.90. The van der Waals surface area contributed by atoms with Gasteiger partial charge in [0.2, 0.25) is 0 Å². The smallest absolute Gasteiger partial charge is 0.270 e. The quantitative estimate of drug-likeness (QED) is 0.505. The highest BCUT2D eigenvalue weighted by molar-refractivity contribution is 14.1. The number of benzene rings is 1. The molecule has 94 valence electrons. The maximum absolute atomic E-state index is 10.6. The molecule has 0 aliphatic carbocycles. The molecular weight excluding hydrogens is 333 g/mol. The molecule has 0 aromatic heterocycles. The second-order valence-electron chi connectivity index (χ2n) is 4.52. The summed E-state index contributed by atoms with van der Waals surface area (Å²) in [6.45, 7) is 4.12. The van der Waals surface area contributed by atoms with E-state index in [9.17, 15) is 15.2 Å². The van der Waals surface area contributed by atoms with Gasteiger partial charge in [0.15, 0.2) is 0 Å². The number of aliphatic hydroxyl groups is 1. The van der Waals surface area contributed by atoms with Crippen LogP contribution in [0.4, 0.5) is 5.69 Å². The molecule has 0 heterocycles. The number of rotatable bonds is 5. The first-order valence-corrected chi connectivity index (χ1v) is 6.59. The molecule has 4 nitrogen and oxygen atoms in total. The molecule has 1 unspecified atom stereocenters. The highest BCUT2D eigenvalue weighted by Gasteiger charge is 2.13. The normalized spacial score (nSPS) is 12.8. The van der Waals surface area contributed by atoms with Gasteiger partial charge in [-0.2, -0.15) is 0 Å². The summed E-state index contributed by atoms with van der Waals surface area (Å²) in [5, 5.41) is 20.4. The average molecular weight is 349 g/mol. The van der Waals surface area contributed by atoms with Crippen LogP contribution >= 0.6 is 22.6 Å². The second kappa shape index (κ2) is 6.30. The Hall–Kier alpha value is -0.690. The summed E-state index contributed by atoms with van der Waals surface area (Å²) in [6.07, 6.45) is 0.909. The van der Waals surface area contributed by atoms with E-state index in [4.69, 9.17) is 0 Å². The summed E-state index contributed by atoms with van der Waals surface area (Å²) in [4.78, 5) is 10.2. The highest BCUT2D eigenvalue weighted by atomic mass is 127. The third-order valence-electron chi connectivity index (χ3n) is 2.45. The number of hydrogen-bond acceptors (Lipinski definition) is 3.